The normalized spacial score (nSPS) is 27.5. The lowest BCUT2D eigenvalue weighted by atomic mass is 9.68. The fourth-order valence-electron chi connectivity index (χ4n) is 6.63. The number of aliphatic hydroxyl groups excluding tert-OH is 1. The van der Waals surface area contributed by atoms with Gasteiger partial charge in [0.1, 0.15) is 11.6 Å². The summed E-state index contributed by atoms with van der Waals surface area (Å²) in [6, 6.07) is 18.2. The Balaban J connectivity index is 1.07. The third-order valence-electron chi connectivity index (χ3n) is 8.71. The van der Waals surface area contributed by atoms with Gasteiger partial charge in [-0.25, -0.2) is 9.97 Å². The van der Waals surface area contributed by atoms with E-state index in [1.165, 1.54) is 6.42 Å². The maximum atomic E-state index is 13.3. The van der Waals surface area contributed by atoms with E-state index in [2.05, 4.69) is 25.6 Å². The first kappa shape index (κ1) is 22.2. The summed E-state index contributed by atoms with van der Waals surface area (Å²) in [7, 11) is 0. The number of imidazole rings is 1. The molecule has 3 aliphatic rings. The zero-order chi connectivity index (χ0) is 25.2. The number of pyridine rings is 1. The Hall–Kier alpha value is -4.04. The molecule has 3 fully saturated rings. The third kappa shape index (κ3) is 3.62. The van der Waals surface area contributed by atoms with Gasteiger partial charge in [-0.1, -0.05) is 6.07 Å². The molecule has 0 radical (unpaired) electrons. The Morgan fingerprint density at radius 1 is 1.03 bits per heavy atom. The molecule has 37 heavy (non-hydrogen) atoms. The second-order valence-corrected chi connectivity index (χ2v) is 10.9. The highest BCUT2D eigenvalue weighted by Crippen LogP contribution is 2.75. The van der Waals surface area contributed by atoms with Crippen molar-refractivity contribution in [1.29, 1.82) is 0 Å². The van der Waals surface area contributed by atoms with E-state index >= 15 is 0 Å². The summed E-state index contributed by atoms with van der Waals surface area (Å²) < 4.78 is 0. The maximum absolute atomic E-state index is 13.3. The molecule has 2 bridgehead atoms. The molecule has 4 N–H and O–H groups in total. The summed E-state index contributed by atoms with van der Waals surface area (Å²) in [6.07, 6.45) is 5.68. The Morgan fingerprint density at radius 3 is 2.70 bits per heavy atom. The van der Waals surface area contributed by atoms with Crippen LogP contribution in [0.3, 0.4) is 0 Å². The van der Waals surface area contributed by atoms with Crippen molar-refractivity contribution in [3.05, 3.63) is 72.4 Å². The Labute approximate surface area is 213 Å². The number of nitrogens with one attached hydrogen (secondary N) is 3. The summed E-state index contributed by atoms with van der Waals surface area (Å²) in [5.41, 5.74) is 3.26. The van der Waals surface area contributed by atoms with Crippen LogP contribution >= 0.6 is 0 Å². The molecule has 8 nitrogen and oxygen atoms in total. The number of fused-ring (bicyclic) bond motifs is 2. The second-order valence-electron chi connectivity index (χ2n) is 10.9. The molecule has 3 saturated carbocycles. The van der Waals surface area contributed by atoms with Crippen LogP contribution in [0.4, 0.5) is 11.5 Å². The number of anilines is 2. The van der Waals surface area contributed by atoms with Gasteiger partial charge in [0.05, 0.1) is 22.6 Å². The number of nitrogens with zero attached hydrogens (tertiary/aromatic N) is 2. The molecule has 3 aliphatic carbocycles. The number of aromatic amines is 1. The SMILES string of the molecule is O=C(Nc1ccccn1)c1ccc2nc(-c3ccc(NC(=O)C45CC6CC6(CCC4O)C5)cc3)[nH]c2c1. The molecule has 0 saturated heterocycles. The first-order valence-corrected chi connectivity index (χ1v) is 12.8. The number of hydrogen-bond donors (Lipinski definition) is 4. The lowest BCUT2D eigenvalue weighted by molar-refractivity contribution is -0.136. The zero-order valence-corrected chi connectivity index (χ0v) is 20.2. The van der Waals surface area contributed by atoms with Gasteiger partial charge >= 0.3 is 0 Å². The number of H-pyrrole nitrogens is 1. The van der Waals surface area contributed by atoms with Gasteiger partial charge in [0.25, 0.3) is 5.91 Å². The minimum Gasteiger partial charge on any atom is -0.392 e. The minimum atomic E-state index is -0.640. The van der Waals surface area contributed by atoms with Crippen molar-refractivity contribution in [2.45, 2.75) is 38.2 Å². The molecule has 4 aromatic rings. The summed E-state index contributed by atoms with van der Waals surface area (Å²) >= 11 is 0. The van der Waals surface area contributed by atoms with Crippen LogP contribution in [0, 0.1) is 16.7 Å². The van der Waals surface area contributed by atoms with Crippen LogP contribution < -0.4 is 10.6 Å². The van der Waals surface area contributed by atoms with Crippen molar-refractivity contribution >= 4 is 34.4 Å². The van der Waals surface area contributed by atoms with Crippen LogP contribution in [0.2, 0.25) is 0 Å². The highest BCUT2D eigenvalue weighted by atomic mass is 16.3. The Bertz CT molecular complexity index is 1530. The monoisotopic (exact) mass is 493 g/mol. The predicted molar refractivity (Wildman–Crippen MR) is 140 cm³/mol. The number of hydrogen-bond acceptors (Lipinski definition) is 5. The molecular weight excluding hydrogens is 466 g/mol. The van der Waals surface area contributed by atoms with Crippen LogP contribution in [0.5, 0.6) is 0 Å². The molecule has 2 heterocycles. The quantitative estimate of drug-likeness (QED) is 0.320. The van der Waals surface area contributed by atoms with Crippen molar-refractivity contribution in [2.75, 3.05) is 10.6 Å². The summed E-state index contributed by atoms with van der Waals surface area (Å²) in [6.45, 7) is 0. The van der Waals surface area contributed by atoms with Gasteiger partial charge in [0, 0.05) is 23.0 Å². The fourth-order valence-corrected chi connectivity index (χ4v) is 6.63. The molecule has 8 heteroatoms. The number of benzene rings is 2. The average Bonchev–Trinajstić information content (AvgIpc) is 3.26. The largest absolute Gasteiger partial charge is 0.392 e. The smallest absolute Gasteiger partial charge is 0.256 e. The molecule has 186 valence electrons. The molecule has 2 aromatic heterocycles. The van der Waals surface area contributed by atoms with E-state index in [-0.39, 0.29) is 11.8 Å². The van der Waals surface area contributed by atoms with Crippen LogP contribution in [-0.4, -0.2) is 38.0 Å². The summed E-state index contributed by atoms with van der Waals surface area (Å²) in [5.74, 6) is 1.47. The van der Waals surface area contributed by atoms with Crippen LogP contribution in [0.25, 0.3) is 22.4 Å². The van der Waals surface area contributed by atoms with E-state index in [1.807, 2.05) is 36.4 Å². The standard InChI is InChI=1S/C29H27N5O3/c35-23-10-11-28-14-19(28)15-29(23,16-28)27(37)31-20-7-4-17(5-8-20)25-32-21-9-6-18(13-22(21)33-25)26(36)34-24-3-1-2-12-30-24/h1-9,12-13,19,23,35H,10-11,14-16H2,(H,31,37)(H,32,33)(H,30,34,36). The van der Waals surface area contributed by atoms with Crippen molar-refractivity contribution < 1.29 is 14.7 Å². The molecular formula is C29H27N5O3. The third-order valence-corrected chi connectivity index (χ3v) is 8.71. The number of aromatic nitrogens is 3. The van der Waals surface area contributed by atoms with Gasteiger partial charge in [-0.2, -0.15) is 0 Å². The van der Waals surface area contributed by atoms with Gasteiger partial charge in [0.2, 0.25) is 5.91 Å². The Morgan fingerprint density at radius 2 is 1.89 bits per heavy atom. The van der Waals surface area contributed by atoms with E-state index < -0.39 is 11.5 Å². The lowest BCUT2D eigenvalue weighted by Crippen LogP contribution is -2.47. The van der Waals surface area contributed by atoms with Crippen LogP contribution in [0.1, 0.15) is 42.5 Å². The van der Waals surface area contributed by atoms with E-state index in [1.54, 1.807) is 30.5 Å². The first-order valence-electron chi connectivity index (χ1n) is 12.8. The van der Waals surface area contributed by atoms with Gasteiger partial charge in [-0.05, 0) is 98.0 Å². The first-order chi connectivity index (χ1) is 17.9. The number of carbonyl (C=O) groups excluding carboxylic acids is 2. The van der Waals surface area contributed by atoms with Crippen molar-refractivity contribution in [1.82, 2.24) is 15.0 Å². The van der Waals surface area contributed by atoms with E-state index in [9.17, 15) is 14.7 Å². The molecule has 7 rings (SSSR count). The van der Waals surface area contributed by atoms with Crippen molar-refractivity contribution in [3.63, 3.8) is 0 Å². The molecule has 4 atom stereocenters. The number of aliphatic hydroxyl groups is 1. The highest BCUT2D eigenvalue weighted by Gasteiger charge is 2.71. The lowest BCUT2D eigenvalue weighted by Gasteiger charge is -2.39. The minimum absolute atomic E-state index is 0.0562. The summed E-state index contributed by atoms with van der Waals surface area (Å²) in [5, 5.41) is 16.6. The molecule has 0 aliphatic heterocycles. The van der Waals surface area contributed by atoms with E-state index in [0.29, 0.717) is 34.2 Å². The Kier molecular flexibility index (Phi) is 4.78. The van der Waals surface area contributed by atoms with Gasteiger partial charge in [-0.3, -0.25) is 9.59 Å². The number of carbonyl (C=O) groups is 2. The molecule has 1 spiro atoms. The zero-order valence-electron chi connectivity index (χ0n) is 20.2. The molecule has 2 aromatic carbocycles. The van der Waals surface area contributed by atoms with Crippen LogP contribution in [0.15, 0.2) is 66.9 Å². The molecule has 4 unspecified atom stereocenters. The van der Waals surface area contributed by atoms with Gasteiger partial charge < -0.3 is 20.7 Å². The van der Waals surface area contributed by atoms with Gasteiger partial charge in [-0.15, -0.1) is 0 Å². The topological polar surface area (TPSA) is 120 Å². The number of amides is 2. The fraction of sp³-hybridized carbons (Fsp3) is 0.310. The van der Waals surface area contributed by atoms with E-state index in [0.717, 1.165) is 42.3 Å². The van der Waals surface area contributed by atoms with Gasteiger partial charge in [0.15, 0.2) is 0 Å². The number of rotatable bonds is 5. The maximum Gasteiger partial charge on any atom is 0.256 e. The molecule has 2 amide bonds. The van der Waals surface area contributed by atoms with Crippen molar-refractivity contribution in [3.8, 4) is 11.4 Å². The van der Waals surface area contributed by atoms with Crippen LogP contribution in [-0.2, 0) is 4.79 Å². The highest BCUT2D eigenvalue weighted by molar-refractivity contribution is 6.05. The predicted octanol–water partition coefficient (Wildman–Crippen LogP) is 4.76. The summed E-state index contributed by atoms with van der Waals surface area (Å²) in [4.78, 5) is 38.0. The second kappa shape index (κ2) is 7.98. The average molecular weight is 494 g/mol. The van der Waals surface area contributed by atoms with E-state index in [4.69, 9.17) is 0 Å². The van der Waals surface area contributed by atoms with Crippen molar-refractivity contribution in [2.24, 2.45) is 16.7 Å².